The van der Waals surface area contributed by atoms with Crippen molar-refractivity contribution in [1.82, 2.24) is 9.97 Å². The molecule has 0 aliphatic heterocycles. The first-order chi connectivity index (χ1) is 8.65. The molecule has 1 unspecified atom stereocenters. The summed E-state index contributed by atoms with van der Waals surface area (Å²) in [6, 6.07) is 0. The van der Waals surface area contributed by atoms with Gasteiger partial charge in [-0.25, -0.2) is 0 Å². The summed E-state index contributed by atoms with van der Waals surface area (Å²) >= 11 is 5.76. The summed E-state index contributed by atoms with van der Waals surface area (Å²) in [5.74, 6) is 2.57. The first-order valence-corrected chi connectivity index (χ1v) is 6.97. The molecular weight excluding hydrogens is 250 g/mol. The van der Waals surface area contributed by atoms with Crippen molar-refractivity contribution in [3.05, 3.63) is 12.4 Å². The van der Waals surface area contributed by atoms with Gasteiger partial charge in [-0.15, -0.1) is 11.6 Å². The minimum atomic E-state index is 0.106. The standard InChI is InChI=1S/C13H22ClN3O/c1-4-11(5-6-14)7-16-12-8-15-9-13(17-12)18-10(2)3/h8-11H,4-7H2,1-3H3,(H,16,17). The Hall–Kier alpha value is -1.03. The third kappa shape index (κ3) is 5.54. The first-order valence-electron chi connectivity index (χ1n) is 6.44. The normalized spacial score (nSPS) is 12.5. The van der Waals surface area contributed by atoms with E-state index in [4.69, 9.17) is 16.3 Å². The van der Waals surface area contributed by atoms with E-state index in [1.807, 2.05) is 13.8 Å². The van der Waals surface area contributed by atoms with Crippen LogP contribution >= 0.6 is 11.6 Å². The van der Waals surface area contributed by atoms with Gasteiger partial charge in [-0.05, 0) is 26.2 Å². The lowest BCUT2D eigenvalue weighted by molar-refractivity contribution is 0.232. The average Bonchev–Trinajstić information content (AvgIpc) is 2.34. The molecular formula is C13H22ClN3O. The highest BCUT2D eigenvalue weighted by Crippen LogP contribution is 2.13. The summed E-state index contributed by atoms with van der Waals surface area (Å²) in [4.78, 5) is 8.46. The minimum Gasteiger partial charge on any atom is -0.474 e. The Morgan fingerprint density at radius 1 is 1.39 bits per heavy atom. The van der Waals surface area contributed by atoms with E-state index in [1.54, 1.807) is 12.4 Å². The van der Waals surface area contributed by atoms with Gasteiger partial charge < -0.3 is 10.1 Å². The number of halogens is 1. The van der Waals surface area contributed by atoms with Gasteiger partial charge in [-0.2, -0.15) is 4.98 Å². The van der Waals surface area contributed by atoms with E-state index in [0.29, 0.717) is 17.7 Å². The van der Waals surface area contributed by atoms with Crippen LogP contribution in [-0.2, 0) is 0 Å². The molecule has 1 N–H and O–H groups in total. The molecule has 0 saturated heterocycles. The highest BCUT2D eigenvalue weighted by atomic mass is 35.5. The fraction of sp³-hybridized carbons (Fsp3) is 0.692. The zero-order valence-electron chi connectivity index (χ0n) is 11.3. The molecule has 1 rings (SSSR count). The predicted molar refractivity (Wildman–Crippen MR) is 75.4 cm³/mol. The van der Waals surface area contributed by atoms with Crippen LogP contribution in [0.5, 0.6) is 5.88 Å². The Bertz CT molecular complexity index is 347. The molecule has 0 saturated carbocycles. The number of ether oxygens (including phenoxy) is 1. The topological polar surface area (TPSA) is 47.0 Å². The lowest BCUT2D eigenvalue weighted by atomic mass is 10.0. The van der Waals surface area contributed by atoms with E-state index < -0.39 is 0 Å². The van der Waals surface area contributed by atoms with Crippen LogP contribution in [0.3, 0.4) is 0 Å². The van der Waals surface area contributed by atoms with Crippen LogP contribution in [0.15, 0.2) is 12.4 Å². The second kappa shape index (κ2) is 8.14. The SMILES string of the molecule is CCC(CCCl)CNc1cncc(OC(C)C)n1. The molecule has 1 atom stereocenters. The Morgan fingerprint density at radius 2 is 2.17 bits per heavy atom. The number of hydrogen-bond acceptors (Lipinski definition) is 4. The zero-order chi connectivity index (χ0) is 13.4. The van der Waals surface area contributed by atoms with E-state index >= 15 is 0 Å². The molecule has 1 aromatic heterocycles. The second-order valence-electron chi connectivity index (χ2n) is 4.54. The number of alkyl halides is 1. The summed E-state index contributed by atoms with van der Waals surface area (Å²) in [6.07, 6.45) is 5.56. The molecule has 0 fully saturated rings. The summed E-state index contributed by atoms with van der Waals surface area (Å²) in [5, 5.41) is 3.28. The predicted octanol–water partition coefficient (Wildman–Crippen LogP) is 3.33. The van der Waals surface area contributed by atoms with Crippen LogP contribution in [0.4, 0.5) is 5.82 Å². The van der Waals surface area contributed by atoms with Gasteiger partial charge in [0.1, 0.15) is 5.82 Å². The summed E-state index contributed by atoms with van der Waals surface area (Å²) in [7, 11) is 0. The number of aromatic nitrogens is 2. The fourth-order valence-corrected chi connectivity index (χ4v) is 1.89. The van der Waals surface area contributed by atoms with Crippen molar-refractivity contribution in [1.29, 1.82) is 0 Å². The Balaban J connectivity index is 2.51. The van der Waals surface area contributed by atoms with Crippen LogP contribution in [0.25, 0.3) is 0 Å². The number of nitrogens with one attached hydrogen (secondary N) is 1. The van der Waals surface area contributed by atoms with Crippen molar-refractivity contribution in [3.63, 3.8) is 0 Å². The average molecular weight is 272 g/mol. The molecule has 0 aliphatic rings. The molecule has 0 aliphatic carbocycles. The monoisotopic (exact) mass is 271 g/mol. The number of hydrogen-bond donors (Lipinski definition) is 1. The molecule has 0 radical (unpaired) electrons. The van der Waals surface area contributed by atoms with Crippen LogP contribution in [0.2, 0.25) is 0 Å². The Kier molecular flexibility index (Phi) is 6.80. The molecule has 0 aromatic carbocycles. The third-order valence-corrected chi connectivity index (χ3v) is 2.85. The first kappa shape index (κ1) is 15.0. The van der Waals surface area contributed by atoms with E-state index in [0.717, 1.165) is 25.2 Å². The van der Waals surface area contributed by atoms with Crippen LogP contribution in [0.1, 0.15) is 33.6 Å². The van der Waals surface area contributed by atoms with Crippen molar-refractivity contribution in [2.45, 2.75) is 39.7 Å². The molecule has 18 heavy (non-hydrogen) atoms. The van der Waals surface area contributed by atoms with Crippen molar-refractivity contribution >= 4 is 17.4 Å². The van der Waals surface area contributed by atoms with Crippen molar-refractivity contribution in [2.24, 2.45) is 5.92 Å². The molecule has 4 nitrogen and oxygen atoms in total. The highest BCUT2D eigenvalue weighted by Gasteiger charge is 2.07. The van der Waals surface area contributed by atoms with Gasteiger partial charge in [0.25, 0.3) is 0 Å². The maximum Gasteiger partial charge on any atom is 0.234 e. The van der Waals surface area contributed by atoms with Gasteiger partial charge in [-0.3, -0.25) is 4.98 Å². The summed E-state index contributed by atoms with van der Waals surface area (Å²) < 4.78 is 5.50. The summed E-state index contributed by atoms with van der Waals surface area (Å²) in [5.41, 5.74) is 0. The van der Waals surface area contributed by atoms with Gasteiger partial charge in [0, 0.05) is 12.4 Å². The van der Waals surface area contributed by atoms with Crippen LogP contribution < -0.4 is 10.1 Å². The van der Waals surface area contributed by atoms with Gasteiger partial charge in [0.2, 0.25) is 5.88 Å². The van der Waals surface area contributed by atoms with Crippen molar-refractivity contribution in [3.8, 4) is 5.88 Å². The van der Waals surface area contributed by atoms with E-state index in [1.165, 1.54) is 0 Å². The lowest BCUT2D eigenvalue weighted by Crippen LogP contribution is -2.15. The molecule has 1 heterocycles. The van der Waals surface area contributed by atoms with E-state index in [2.05, 4.69) is 22.2 Å². The quantitative estimate of drug-likeness (QED) is 0.737. The van der Waals surface area contributed by atoms with Gasteiger partial charge in [0.05, 0.1) is 18.5 Å². The molecule has 0 amide bonds. The van der Waals surface area contributed by atoms with Gasteiger partial charge in [-0.1, -0.05) is 13.3 Å². The van der Waals surface area contributed by atoms with E-state index in [9.17, 15) is 0 Å². The van der Waals surface area contributed by atoms with Gasteiger partial charge >= 0.3 is 0 Å². The molecule has 102 valence electrons. The van der Waals surface area contributed by atoms with Gasteiger partial charge in [0.15, 0.2) is 0 Å². The number of rotatable bonds is 8. The maximum atomic E-state index is 5.76. The Labute approximate surface area is 114 Å². The lowest BCUT2D eigenvalue weighted by Gasteiger charge is -2.15. The fourth-order valence-electron chi connectivity index (χ4n) is 1.59. The van der Waals surface area contributed by atoms with Crippen molar-refractivity contribution in [2.75, 3.05) is 17.7 Å². The summed E-state index contributed by atoms with van der Waals surface area (Å²) in [6.45, 7) is 6.97. The third-order valence-electron chi connectivity index (χ3n) is 2.64. The maximum absolute atomic E-state index is 5.76. The zero-order valence-corrected chi connectivity index (χ0v) is 12.1. The molecule has 0 spiro atoms. The Morgan fingerprint density at radius 3 is 2.78 bits per heavy atom. The van der Waals surface area contributed by atoms with Crippen LogP contribution in [0, 0.1) is 5.92 Å². The minimum absolute atomic E-state index is 0.106. The largest absolute Gasteiger partial charge is 0.474 e. The van der Waals surface area contributed by atoms with Crippen LogP contribution in [-0.4, -0.2) is 28.5 Å². The molecule has 5 heteroatoms. The smallest absolute Gasteiger partial charge is 0.234 e. The van der Waals surface area contributed by atoms with E-state index in [-0.39, 0.29) is 6.10 Å². The number of anilines is 1. The highest BCUT2D eigenvalue weighted by molar-refractivity contribution is 6.17. The number of nitrogens with zero attached hydrogens (tertiary/aromatic N) is 2. The molecule has 1 aromatic rings. The van der Waals surface area contributed by atoms with Crippen molar-refractivity contribution < 1.29 is 4.74 Å². The molecule has 0 bridgehead atoms. The second-order valence-corrected chi connectivity index (χ2v) is 4.92.